The van der Waals surface area contributed by atoms with Crippen LogP contribution in [0.4, 0.5) is 5.69 Å². The number of hydrogen-bond donors (Lipinski definition) is 2. The van der Waals surface area contributed by atoms with Crippen molar-refractivity contribution in [3.8, 4) is 22.8 Å². The van der Waals surface area contributed by atoms with Gasteiger partial charge in [0.15, 0.2) is 0 Å². The number of aliphatic imine (C=N–C) groups is 1. The molecular formula is C21H20N4O2. The number of aryl methyl sites for hydroxylation is 1. The third-order valence-corrected chi connectivity index (χ3v) is 4.08. The Hall–Kier alpha value is -3.67. The SMILES string of the molecule is CN=Cc1cc(Oc2ccnc(-c3ccc(C(N)=O)c(C)c3)c2)ccc1N. The summed E-state index contributed by atoms with van der Waals surface area (Å²) in [4.78, 5) is 19.8. The van der Waals surface area contributed by atoms with Gasteiger partial charge in [-0.15, -0.1) is 0 Å². The third kappa shape index (κ3) is 4.12. The van der Waals surface area contributed by atoms with Crippen LogP contribution in [0.1, 0.15) is 21.5 Å². The van der Waals surface area contributed by atoms with Crippen LogP contribution in [0.5, 0.6) is 11.5 Å². The summed E-state index contributed by atoms with van der Waals surface area (Å²) >= 11 is 0. The number of nitrogens with two attached hydrogens (primary N) is 2. The van der Waals surface area contributed by atoms with E-state index >= 15 is 0 Å². The summed E-state index contributed by atoms with van der Waals surface area (Å²) in [6.45, 7) is 1.84. The molecule has 0 unspecified atom stereocenters. The van der Waals surface area contributed by atoms with Crippen molar-refractivity contribution in [3.63, 3.8) is 0 Å². The summed E-state index contributed by atoms with van der Waals surface area (Å²) in [7, 11) is 1.69. The van der Waals surface area contributed by atoms with E-state index in [1.807, 2.05) is 31.2 Å². The van der Waals surface area contributed by atoms with E-state index in [1.54, 1.807) is 43.7 Å². The quantitative estimate of drug-likeness (QED) is 0.536. The molecule has 0 spiro atoms. The van der Waals surface area contributed by atoms with E-state index in [0.717, 1.165) is 22.4 Å². The maximum Gasteiger partial charge on any atom is 0.248 e. The number of nitrogen functional groups attached to an aromatic ring is 1. The van der Waals surface area contributed by atoms with Crippen molar-refractivity contribution in [1.82, 2.24) is 4.98 Å². The zero-order valence-corrected chi connectivity index (χ0v) is 15.1. The molecule has 27 heavy (non-hydrogen) atoms. The lowest BCUT2D eigenvalue weighted by Crippen LogP contribution is -2.12. The fourth-order valence-corrected chi connectivity index (χ4v) is 2.74. The average Bonchev–Trinajstić information content (AvgIpc) is 2.64. The van der Waals surface area contributed by atoms with Gasteiger partial charge in [-0.3, -0.25) is 14.8 Å². The molecule has 136 valence electrons. The molecule has 0 bridgehead atoms. The van der Waals surface area contributed by atoms with Gasteiger partial charge in [-0.25, -0.2) is 0 Å². The van der Waals surface area contributed by atoms with Crippen molar-refractivity contribution in [2.24, 2.45) is 10.7 Å². The van der Waals surface area contributed by atoms with Crippen molar-refractivity contribution < 1.29 is 9.53 Å². The molecule has 1 heterocycles. The third-order valence-electron chi connectivity index (χ3n) is 4.08. The topological polar surface area (TPSA) is 104 Å². The Balaban J connectivity index is 1.89. The number of primary amides is 1. The van der Waals surface area contributed by atoms with E-state index in [9.17, 15) is 4.79 Å². The van der Waals surface area contributed by atoms with Crippen molar-refractivity contribution in [1.29, 1.82) is 0 Å². The molecule has 0 fully saturated rings. The molecule has 3 aromatic rings. The molecule has 6 heteroatoms. The Kier molecular flexibility index (Phi) is 5.17. The second kappa shape index (κ2) is 7.70. The van der Waals surface area contributed by atoms with Crippen LogP contribution in [0, 0.1) is 6.92 Å². The monoisotopic (exact) mass is 360 g/mol. The van der Waals surface area contributed by atoms with Gasteiger partial charge in [0.1, 0.15) is 11.5 Å². The van der Waals surface area contributed by atoms with Crippen LogP contribution >= 0.6 is 0 Å². The maximum atomic E-state index is 11.4. The minimum absolute atomic E-state index is 0.445. The number of nitrogens with zero attached hydrogens (tertiary/aromatic N) is 2. The Morgan fingerprint density at radius 2 is 1.89 bits per heavy atom. The first-order valence-electron chi connectivity index (χ1n) is 8.34. The van der Waals surface area contributed by atoms with E-state index in [2.05, 4.69) is 9.98 Å². The minimum atomic E-state index is -0.445. The summed E-state index contributed by atoms with van der Waals surface area (Å²) in [6, 6.07) is 14.4. The van der Waals surface area contributed by atoms with Gasteiger partial charge < -0.3 is 16.2 Å². The Morgan fingerprint density at radius 3 is 2.59 bits per heavy atom. The fraction of sp³-hybridized carbons (Fsp3) is 0.0952. The first kappa shape index (κ1) is 18.1. The second-order valence-corrected chi connectivity index (χ2v) is 6.05. The van der Waals surface area contributed by atoms with Crippen LogP contribution in [0.15, 0.2) is 59.7 Å². The van der Waals surface area contributed by atoms with Gasteiger partial charge in [-0.05, 0) is 48.9 Å². The van der Waals surface area contributed by atoms with Crippen molar-refractivity contribution in [2.75, 3.05) is 12.8 Å². The zero-order chi connectivity index (χ0) is 19.4. The number of hydrogen-bond acceptors (Lipinski definition) is 5. The summed E-state index contributed by atoms with van der Waals surface area (Å²) < 4.78 is 5.94. The van der Waals surface area contributed by atoms with Crippen LogP contribution in [-0.4, -0.2) is 24.2 Å². The molecule has 0 saturated carbocycles. The van der Waals surface area contributed by atoms with Crippen molar-refractivity contribution >= 4 is 17.8 Å². The molecule has 0 radical (unpaired) electrons. The highest BCUT2D eigenvalue weighted by Gasteiger charge is 2.09. The molecule has 1 amide bonds. The van der Waals surface area contributed by atoms with E-state index < -0.39 is 5.91 Å². The number of benzene rings is 2. The number of anilines is 1. The van der Waals surface area contributed by atoms with Gasteiger partial charge in [0.25, 0.3) is 0 Å². The fourth-order valence-electron chi connectivity index (χ4n) is 2.74. The summed E-state index contributed by atoms with van der Waals surface area (Å²) in [5.74, 6) is 0.844. The van der Waals surface area contributed by atoms with Crippen LogP contribution in [-0.2, 0) is 0 Å². The van der Waals surface area contributed by atoms with E-state index in [4.69, 9.17) is 16.2 Å². The second-order valence-electron chi connectivity index (χ2n) is 6.05. The highest BCUT2D eigenvalue weighted by Crippen LogP contribution is 2.28. The van der Waals surface area contributed by atoms with Gasteiger partial charge in [-0.2, -0.15) is 0 Å². The molecule has 0 aliphatic rings. The number of carbonyl (C=O) groups excluding carboxylic acids is 1. The molecule has 2 aromatic carbocycles. The lowest BCUT2D eigenvalue weighted by molar-refractivity contribution is 0.0999. The lowest BCUT2D eigenvalue weighted by atomic mass is 10.0. The smallest absolute Gasteiger partial charge is 0.248 e. The van der Waals surface area contributed by atoms with Crippen molar-refractivity contribution in [2.45, 2.75) is 6.92 Å². The Labute approximate surface area is 157 Å². The zero-order valence-electron chi connectivity index (χ0n) is 15.1. The summed E-state index contributed by atoms with van der Waals surface area (Å²) in [5.41, 5.74) is 15.6. The number of rotatable bonds is 5. The number of pyridine rings is 1. The van der Waals surface area contributed by atoms with Crippen LogP contribution in [0.2, 0.25) is 0 Å². The van der Waals surface area contributed by atoms with E-state index in [-0.39, 0.29) is 0 Å². The Bertz CT molecular complexity index is 1030. The largest absolute Gasteiger partial charge is 0.457 e. The molecule has 0 atom stereocenters. The number of amides is 1. The van der Waals surface area contributed by atoms with Crippen molar-refractivity contribution in [3.05, 3.63) is 71.4 Å². The number of ether oxygens (including phenoxy) is 1. The highest BCUT2D eigenvalue weighted by atomic mass is 16.5. The van der Waals surface area contributed by atoms with Crippen LogP contribution in [0.25, 0.3) is 11.3 Å². The van der Waals surface area contributed by atoms with Gasteiger partial charge in [0, 0.05) is 47.9 Å². The molecule has 0 saturated heterocycles. The predicted molar refractivity (Wildman–Crippen MR) is 107 cm³/mol. The van der Waals surface area contributed by atoms with Gasteiger partial charge >= 0.3 is 0 Å². The normalized spacial score (nSPS) is 10.9. The maximum absolute atomic E-state index is 11.4. The molecule has 6 nitrogen and oxygen atoms in total. The summed E-state index contributed by atoms with van der Waals surface area (Å²) in [6.07, 6.45) is 3.36. The predicted octanol–water partition coefficient (Wildman–Crippen LogP) is 3.58. The van der Waals surface area contributed by atoms with E-state index in [0.29, 0.717) is 22.7 Å². The Morgan fingerprint density at radius 1 is 1.11 bits per heavy atom. The minimum Gasteiger partial charge on any atom is -0.457 e. The standard InChI is InChI=1S/C21H20N4O2/c1-13-9-14(3-5-18(13)21(23)26)20-11-17(7-8-25-20)27-16-4-6-19(22)15(10-16)12-24-2/h3-12H,22H2,1-2H3,(H2,23,26). The van der Waals surface area contributed by atoms with Gasteiger partial charge in [-0.1, -0.05) is 6.07 Å². The molecular weight excluding hydrogens is 340 g/mol. The highest BCUT2D eigenvalue weighted by molar-refractivity contribution is 5.94. The van der Waals surface area contributed by atoms with Crippen LogP contribution < -0.4 is 16.2 Å². The average molecular weight is 360 g/mol. The van der Waals surface area contributed by atoms with Gasteiger partial charge in [0.05, 0.1) is 5.69 Å². The van der Waals surface area contributed by atoms with Gasteiger partial charge in [0.2, 0.25) is 5.91 Å². The molecule has 1 aromatic heterocycles. The first-order chi connectivity index (χ1) is 13.0. The lowest BCUT2D eigenvalue weighted by Gasteiger charge is -2.10. The number of carbonyl (C=O) groups is 1. The number of aromatic nitrogens is 1. The molecule has 0 aliphatic heterocycles. The first-order valence-corrected chi connectivity index (χ1v) is 8.34. The van der Waals surface area contributed by atoms with E-state index in [1.165, 1.54) is 0 Å². The molecule has 0 aliphatic carbocycles. The summed E-state index contributed by atoms with van der Waals surface area (Å²) in [5, 5.41) is 0. The molecule has 4 N–H and O–H groups in total. The van der Waals surface area contributed by atoms with Crippen LogP contribution in [0.3, 0.4) is 0 Å². The molecule has 3 rings (SSSR count).